The zero-order valence-electron chi connectivity index (χ0n) is 5.89. The maximum atomic E-state index is 10.3. The van der Waals surface area contributed by atoms with E-state index in [0.717, 1.165) is 0 Å². The third kappa shape index (κ3) is 4.40. The molecule has 0 rings (SSSR count). The van der Waals surface area contributed by atoms with Gasteiger partial charge in [0.2, 0.25) is 0 Å². The van der Waals surface area contributed by atoms with Crippen molar-refractivity contribution >= 4 is 26.0 Å². The third-order valence-corrected chi connectivity index (χ3v) is 2.15. The van der Waals surface area contributed by atoms with Crippen LogP contribution in [0.4, 0.5) is 4.79 Å². The summed E-state index contributed by atoms with van der Waals surface area (Å²) in [5.41, 5.74) is 1.61. The van der Waals surface area contributed by atoms with Gasteiger partial charge in [-0.2, -0.15) is 0 Å². The molecule has 0 saturated carbocycles. The highest BCUT2D eigenvalue weighted by Crippen LogP contribution is 1.94. The van der Waals surface area contributed by atoms with Gasteiger partial charge in [0, 0.05) is 0 Å². The van der Waals surface area contributed by atoms with Gasteiger partial charge in [-0.15, -0.1) is 0 Å². The fourth-order valence-electron chi connectivity index (χ4n) is 0.414. The van der Waals surface area contributed by atoms with Crippen LogP contribution < -0.4 is 0 Å². The van der Waals surface area contributed by atoms with Crippen LogP contribution in [0.25, 0.3) is 0 Å². The van der Waals surface area contributed by atoms with Crippen LogP contribution >= 0.6 is 11.6 Å². The molecule has 0 aliphatic carbocycles. The molecule has 0 saturated heterocycles. The smallest absolute Gasteiger partial charge is 0.270 e. The molecule has 5 heteroatoms. The number of carbonyl (C=O) groups excluding carboxylic acids is 1. The molecule has 0 aliphatic heterocycles. The molecule has 0 aromatic rings. The second-order valence-electron chi connectivity index (χ2n) is 1.49. The minimum Gasteiger partial charge on any atom is -0.469 e. The van der Waals surface area contributed by atoms with Gasteiger partial charge < -0.3 is 9.47 Å². The van der Waals surface area contributed by atoms with Gasteiger partial charge in [-0.1, -0.05) is 0 Å². The molecule has 0 bridgehead atoms. The summed E-state index contributed by atoms with van der Waals surface area (Å²) < 4.78 is 9.43. The van der Waals surface area contributed by atoms with Gasteiger partial charge in [-0.25, -0.2) is 0 Å². The van der Waals surface area contributed by atoms with Crippen LogP contribution in [0.5, 0.6) is 0 Å². The van der Waals surface area contributed by atoms with E-state index in [0.29, 0.717) is 5.95 Å². The molecule has 10 heavy (non-hydrogen) atoms. The van der Waals surface area contributed by atoms with Gasteiger partial charge in [0.15, 0.2) is 14.4 Å². The standard InChI is InChI=1S/C5H9ClO3Si/c1-8-4(9-2)3-10-5(6)7/h3H,10H2,1-2H3. The van der Waals surface area contributed by atoms with Crippen molar-refractivity contribution in [1.82, 2.24) is 0 Å². The van der Waals surface area contributed by atoms with Crippen LogP contribution in [0.3, 0.4) is 0 Å². The quantitative estimate of drug-likeness (QED) is 0.361. The second kappa shape index (κ2) is 5.31. The largest absolute Gasteiger partial charge is 0.469 e. The minimum atomic E-state index is -1.01. The number of carbonyl (C=O) groups is 1. The van der Waals surface area contributed by atoms with Gasteiger partial charge >= 0.3 is 0 Å². The van der Waals surface area contributed by atoms with E-state index in [-0.39, 0.29) is 4.87 Å². The lowest BCUT2D eigenvalue weighted by molar-refractivity contribution is 0.0964. The lowest BCUT2D eigenvalue weighted by Crippen LogP contribution is -1.98. The van der Waals surface area contributed by atoms with Crippen LogP contribution in [-0.2, 0) is 9.47 Å². The van der Waals surface area contributed by atoms with Crippen molar-refractivity contribution in [2.45, 2.75) is 0 Å². The molecule has 0 aliphatic rings. The second-order valence-corrected chi connectivity index (χ2v) is 3.82. The first kappa shape index (κ1) is 9.52. The Balaban J connectivity index is 3.74. The van der Waals surface area contributed by atoms with Crippen LogP contribution in [-0.4, -0.2) is 28.6 Å². The van der Waals surface area contributed by atoms with Crippen molar-refractivity contribution in [2.75, 3.05) is 14.2 Å². The van der Waals surface area contributed by atoms with E-state index >= 15 is 0 Å². The number of rotatable bonds is 4. The molecule has 0 aromatic carbocycles. The molecular formula is C5H9ClO3Si. The van der Waals surface area contributed by atoms with Crippen molar-refractivity contribution in [3.63, 3.8) is 0 Å². The van der Waals surface area contributed by atoms with Crippen molar-refractivity contribution in [3.8, 4) is 0 Å². The summed E-state index contributed by atoms with van der Waals surface area (Å²) in [6, 6.07) is 0. The molecule has 0 heterocycles. The van der Waals surface area contributed by atoms with Crippen molar-refractivity contribution in [1.29, 1.82) is 0 Å². The predicted octanol–water partition coefficient (Wildman–Crippen LogP) is 0.606. The summed E-state index contributed by atoms with van der Waals surface area (Å²) in [4.78, 5) is 9.95. The average molecular weight is 181 g/mol. The topological polar surface area (TPSA) is 35.5 Å². The first-order chi connectivity index (χ1) is 4.70. The van der Waals surface area contributed by atoms with Crippen molar-refractivity contribution in [3.05, 3.63) is 11.6 Å². The molecule has 0 atom stereocenters. The number of methoxy groups -OCH3 is 2. The van der Waals surface area contributed by atoms with E-state index in [1.165, 1.54) is 14.2 Å². The highest BCUT2D eigenvalue weighted by atomic mass is 35.5. The maximum Gasteiger partial charge on any atom is 0.270 e. The Hall–Kier alpha value is -0.483. The Morgan fingerprint density at radius 3 is 2.30 bits per heavy atom. The van der Waals surface area contributed by atoms with E-state index in [4.69, 9.17) is 21.1 Å². The maximum absolute atomic E-state index is 10.3. The normalized spacial score (nSPS) is 9.50. The predicted molar refractivity (Wildman–Crippen MR) is 41.9 cm³/mol. The van der Waals surface area contributed by atoms with E-state index in [2.05, 4.69) is 0 Å². The van der Waals surface area contributed by atoms with Gasteiger partial charge in [0.05, 0.1) is 14.2 Å². The fraction of sp³-hybridized carbons (Fsp3) is 0.400. The monoisotopic (exact) mass is 180 g/mol. The Kier molecular flexibility index (Phi) is 5.06. The SMILES string of the molecule is COC(=C[SiH2]C(=O)Cl)OC. The third-order valence-electron chi connectivity index (χ3n) is 0.832. The highest BCUT2D eigenvalue weighted by Gasteiger charge is 1.96. The molecule has 0 fully saturated rings. The van der Waals surface area contributed by atoms with Crippen LogP contribution in [0.1, 0.15) is 0 Å². The lowest BCUT2D eigenvalue weighted by Gasteiger charge is -2.00. The van der Waals surface area contributed by atoms with Crippen LogP contribution in [0, 0.1) is 0 Å². The van der Waals surface area contributed by atoms with Gasteiger partial charge in [0.1, 0.15) is 0 Å². The summed E-state index contributed by atoms with van der Waals surface area (Å²) in [6.45, 7) is 0. The summed E-state index contributed by atoms with van der Waals surface area (Å²) >= 11 is 5.10. The van der Waals surface area contributed by atoms with Gasteiger partial charge in [-0.05, 0) is 17.3 Å². The van der Waals surface area contributed by atoms with E-state index in [1.807, 2.05) is 0 Å². The van der Waals surface area contributed by atoms with Crippen molar-refractivity contribution < 1.29 is 14.3 Å². The Bertz CT molecular complexity index is 140. The number of ether oxygens (including phenoxy) is 2. The van der Waals surface area contributed by atoms with Gasteiger partial charge in [-0.3, -0.25) is 4.79 Å². The first-order valence-electron chi connectivity index (χ1n) is 2.67. The summed E-state index contributed by atoms with van der Waals surface area (Å²) in [5, 5.41) is 0. The Labute approximate surface area is 66.8 Å². The lowest BCUT2D eigenvalue weighted by atomic mass is 11.0. The van der Waals surface area contributed by atoms with E-state index in [9.17, 15) is 4.79 Å². The molecule has 58 valence electrons. The van der Waals surface area contributed by atoms with Gasteiger partial charge in [0.25, 0.3) is 5.95 Å². The van der Waals surface area contributed by atoms with Crippen LogP contribution in [0.15, 0.2) is 11.6 Å². The molecule has 0 aromatic heterocycles. The van der Waals surface area contributed by atoms with E-state index < -0.39 is 9.52 Å². The molecule has 0 amide bonds. The number of hydrogen-bond acceptors (Lipinski definition) is 3. The molecule has 0 unspecified atom stereocenters. The molecular weight excluding hydrogens is 172 g/mol. The zero-order chi connectivity index (χ0) is 7.98. The van der Waals surface area contributed by atoms with Crippen molar-refractivity contribution in [2.24, 2.45) is 0 Å². The number of hydrogen-bond donors (Lipinski definition) is 0. The molecule has 3 nitrogen and oxygen atoms in total. The summed E-state index contributed by atoms with van der Waals surface area (Å²) in [6.07, 6.45) is 0. The molecule has 0 N–H and O–H groups in total. The minimum absolute atomic E-state index is 0.299. The Morgan fingerprint density at radius 1 is 1.50 bits per heavy atom. The summed E-state index contributed by atoms with van der Waals surface area (Å²) in [7, 11) is 1.94. The first-order valence-corrected chi connectivity index (χ1v) is 4.57. The van der Waals surface area contributed by atoms with E-state index in [1.54, 1.807) is 5.70 Å². The molecule has 0 radical (unpaired) electrons. The summed E-state index contributed by atoms with van der Waals surface area (Å²) in [5.74, 6) is 0.362. The average Bonchev–Trinajstić information content (AvgIpc) is 1.90. The zero-order valence-corrected chi connectivity index (χ0v) is 8.06. The fourth-order valence-corrected chi connectivity index (χ4v) is 1.31. The van der Waals surface area contributed by atoms with Crippen LogP contribution in [0.2, 0.25) is 0 Å². The molecule has 0 spiro atoms. The Morgan fingerprint density at radius 2 is 2.00 bits per heavy atom. The number of halogens is 1. The highest BCUT2D eigenvalue weighted by molar-refractivity contribution is 7.01.